The minimum Gasteiger partial charge on any atom is -0.355 e. The van der Waals surface area contributed by atoms with Gasteiger partial charge in [0.05, 0.1) is 10.5 Å². The summed E-state index contributed by atoms with van der Waals surface area (Å²) < 4.78 is 0. The number of nitro groups is 1. The lowest BCUT2D eigenvalue weighted by molar-refractivity contribution is -0.380. The molecular formula is C16H15N3O4S2. The fourth-order valence-electron chi connectivity index (χ4n) is 2.70. The van der Waals surface area contributed by atoms with Crippen molar-refractivity contribution in [2.75, 3.05) is 12.4 Å². The van der Waals surface area contributed by atoms with Gasteiger partial charge in [-0.15, -0.1) is 11.3 Å². The minimum atomic E-state index is -0.467. The number of thiophene rings is 2. The fraction of sp³-hybridized carbons (Fsp3) is 0.250. The summed E-state index contributed by atoms with van der Waals surface area (Å²) in [5.41, 5.74) is 1.58. The van der Waals surface area contributed by atoms with E-state index in [1.54, 1.807) is 13.1 Å². The number of carbonyl (C=O) groups excluding carboxylic acids is 2. The maximum Gasteiger partial charge on any atom is 0.324 e. The molecule has 0 aromatic carbocycles. The highest BCUT2D eigenvalue weighted by atomic mass is 32.1. The van der Waals surface area contributed by atoms with Gasteiger partial charge >= 0.3 is 5.00 Å². The van der Waals surface area contributed by atoms with Gasteiger partial charge in [0, 0.05) is 28.9 Å². The molecule has 0 bridgehead atoms. The number of anilines is 1. The zero-order valence-electron chi connectivity index (χ0n) is 13.3. The van der Waals surface area contributed by atoms with Crippen LogP contribution in [0.4, 0.5) is 10.0 Å². The second kappa shape index (κ2) is 7.16. The molecule has 2 aromatic rings. The van der Waals surface area contributed by atoms with Gasteiger partial charge in [-0.2, -0.15) is 0 Å². The average molecular weight is 377 g/mol. The van der Waals surface area contributed by atoms with Gasteiger partial charge in [-0.3, -0.25) is 19.7 Å². The monoisotopic (exact) mass is 377 g/mol. The van der Waals surface area contributed by atoms with Gasteiger partial charge in [-0.25, -0.2) is 0 Å². The van der Waals surface area contributed by atoms with Gasteiger partial charge < -0.3 is 10.6 Å². The molecular weight excluding hydrogens is 362 g/mol. The molecule has 2 aromatic heterocycles. The Morgan fingerprint density at radius 3 is 2.76 bits per heavy atom. The number of rotatable bonds is 5. The van der Waals surface area contributed by atoms with E-state index in [4.69, 9.17) is 0 Å². The average Bonchev–Trinajstić information content (AvgIpc) is 3.27. The number of carbonyl (C=O) groups is 2. The summed E-state index contributed by atoms with van der Waals surface area (Å²) in [6, 6.07) is 2.98. The molecule has 0 aliphatic heterocycles. The first kappa shape index (κ1) is 17.3. The first-order chi connectivity index (χ1) is 12.0. The highest BCUT2D eigenvalue weighted by Crippen LogP contribution is 2.39. The predicted molar refractivity (Wildman–Crippen MR) is 98.4 cm³/mol. The van der Waals surface area contributed by atoms with Crippen LogP contribution in [-0.4, -0.2) is 23.8 Å². The summed E-state index contributed by atoms with van der Waals surface area (Å²) in [5, 5.41) is 16.6. The molecule has 9 heteroatoms. The number of hydrogen-bond donors (Lipinski definition) is 2. The van der Waals surface area contributed by atoms with E-state index in [1.807, 2.05) is 0 Å². The van der Waals surface area contributed by atoms with E-state index in [1.165, 1.54) is 29.6 Å². The van der Waals surface area contributed by atoms with Crippen LogP contribution in [0.15, 0.2) is 18.2 Å². The molecule has 2 amide bonds. The second-order valence-electron chi connectivity index (χ2n) is 5.40. The maximum absolute atomic E-state index is 12.2. The van der Waals surface area contributed by atoms with Crippen LogP contribution in [0.2, 0.25) is 0 Å². The number of aryl methyl sites for hydroxylation is 1. The van der Waals surface area contributed by atoms with Gasteiger partial charge in [-0.05, 0) is 37.0 Å². The van der Waals surface area contributed by atoms with E-state index in [0.717, 1.165) is 41.0 Å². The molecule has 2 N–H and O–H groups in total. The van der Waals surface area contributed by atoms with Gasteiger partial charge in [0.25, 0.3) is 5.91 Å². The lowest BCUT2D eigenvalue weighted by atomic mass is 10.1. The largest absolute Gasteiger partial charge is 0.355 e. The summed E-state index contributed by atoms with van der Waals surface area (Å²) in [7, 11) is 1.57. The van der Waals surface area contributed by atoms with Crippen molar-refractivity contribution in [3.63, 3.8) is 0 Å². The number of hydrogen-bond acceptors (Lipinski definition) is 6. The van der Waals surface area contributed by atoms with Crippen LogP contribution in [0.25, 0.3) is 6.08 Å². The third kappa shape index (κ3) is 3.62. The smallest absolute Gasteiger partial charge is 0.324 e. The summed E-state index contributed by atoms with van der Waals surface area (Å²) in [5.74, 6) is -0.575. The van der Waals surface area contributed by atoms with Crippen molar-refractivity contribution < 1.29 is 14.5 Å². The quantitative estimate of drug-likeness (QED) is 0.474. The van der Waals surface area contributed by atoms with Crippen molar-refractivity contribution in [1.82, 2.24) is 5.32 Å². The molecule has 1 aliphatic carbocycles. The standard InChI is InChI=1S/C16H15N3O4S2/c1-17-15(21)14-10-3-2-4-11(10)25-16(14)18-12(20)7-5-9-6-8-13(24-9)19(22)23/h5-8H,2-4H2,1H3,(H,17,21)(H,18,20)/b7-5+. The molecule has 0 fully saturated rings. The SMILES string of the molecule is CNC(=O)c1c(NC(=O)/C=C/c2ccc([N+](=O)[O-])s2)sc2c1CCC2. The van der Waals surface area contributed by atoms with Crippen LogP contribution in [-0.2, 0) is 17.6 Å². The first-order valence-electron chi connectivity index (χ1n) is 7.59. The molecule has 2 heterocycles. The highest BCUT2D eigenvalue weighted by Gasteiger charge is 2.26. The lowest BCUT2D eigenvalue weighted by Gasteiger charge is -2.05. The van der Waals surface area contributed by atoms with Crippen molar-refractivity contribution in [2.24, 2.45) is 0 Å². The normalized spacial score (nSPS) is 13.0. The Balaban J connectivity index is 1.75. The van der Waals surface area contributed by atoms with Crippen molar-refractivity contribution >= 4 is 50.6 Å². The molecule has 0 atom stereocenters. The Kier molecular flexibility index (Phi) is 4.95. The Morgan fingerprint density at radius 1 is 1.28 bits per heavy atom. The van der Waals surface area contributed by atoms with E-state index in [0.29, 0.717) is 15.4 Å². The number of nitrogens with one attached hydrogen (secondary N) is 2. The van der Waals surface area contributed by atoms with Crippen LogP contribution in [0.5, 0.6) is 0 Å². The molecule has 1 aliphatic rings. The van der Waals surface area contributed by atoms with Crippen LogP contribution in [0.1, 0.15) is 32.1 Å². The zero-order valence-corrected chi connectivity index (χ0v) is 15.0. The Hall–Kier alpha value is -2.52. The van der Waals surface area contributed by atoms with E-state index in [2.05, 4.69) is 10.6 Å². The van der Waals surface area contributed by atoms with Crippen molar-refractivity contribution in [2.45, 2.75) is 19.3 Å². The van der Waals surface area contributed by atoms with Gasteiger partial charge in [0.2, 0.25) is 5.91 Å². The molecule has 7 nitrogen and oxygen atoms in total. The molecule has 0 saturated carbocycles. The third-order valence-corrected chi connectivity index (χ3v) is 6.01. The van der Waals surface area contributed by atoms with Crippen LogP contribution in [0, 0.1) is 10.1 Å². The summed E-state index contributed by atoms with van der Waals surface area (Å²) in [6.07, 6.45) is 5.63. The van der Waals surface area contributed by atoms with Crippen LogP contribution < -0.4 is 10.6 Å². The topological polar surface area (TPSA) is 101 Å². The summed E-state index contributed by atoms with van der Waals surface area (Å²) >= 11 is 2.43. The Labute approximate surface area is 151 Å². The van der Waals surface area contributed by atoms with E-state index < -0.39 is 4.92 Å². The van der Waals surface area contributed by atoms with Gasteiger partial charge in [-0.1, -0.05) is 11.3 Å². The molecule has 130 valence electrons. The van der Waals surface area contributed by atoms with Crippen molar-refractivity contribution in [1.29, 1.82) is 0 Å². The highest BCUT2D eigenvalue weighted by molar-refractivity contribution is 7.17. The third-order valence-electron chi connectivity index (χ3n) is 3.80. The van der Waals surface area contributed by atoms with Gasteiger partial charge in [0.15, 0.2) is 0 Å². The molecule has 3 rings (SSSR count). The molecule has 0 spiro atoms. The zero-order chi connectivity index (χ0) is 18.0. The van der Waals surface area contributed by atoms with E-state index in [-0.39, 0.29) is 16.8 Å². The number of amides is 2. The first-order valence-corrected chi connectivity index (χ1v) is 9.22. The van der Waals surface area contributed by atoms with Gasteiger partial charge in [0.1, 0.15) is 5.00 Å². The number of nitrogens with zero attached hydrogens (tertiary/aromatic N) is 1. The predicted octanol–water partition coefficient (Wildman–Crippen LogP) is 3.22. The van der Waals surface area contributed by atoms with E-state index >= 15 is 0 Å². The summed E-state index contributed by atoms with van der Waals surface area (Å²) in [6.45, 7) is 0. The van der Waals surface area contributed by atoms with Crippen LogP contribution in [0.3, 0.4) is 0 Å². The summed E-state index contributed by atoms with van der Waals surface area (Å²) in [4.78, 5) is 36.3. The Morgan fingerprint density at radius 2 is 2.08 bits per heavy atom. The van der Waals surface area contributed by atoms with Crippen molar-refractivity contribution in [3.8, 4) is 0 Å². The Bertz CT molecular complexity index is 882. The van der Waals surface area contributed by atoms with Crippen molar-refractivity contribution in [3.05, 3.63) is 49.2 Å². The molecule has 25 heavy (non-hydrogen) atoms. The number of fused-ring (bicyclic) bond motifs is 1. The maximum atomic E-state index is 12.2. The molecule has 0 saturated heterocycles. The van der Waals surface area contributed by atoms with E-state index in [9.17, 15) is 19.7 Å². The molecule has 0 unspecified atom stereocenters. The second-order valence-corrected chi connectivity index (χ2v) is 7.60. The molecule has 0 radical (unpaired) electrons. The van der Waals surface area contributed by atoms with Crippen LogP contribution >= 0.6 is 22.7 Å². The lowest BCUT2D eigenvalue weighted by Crippen LogP contribution is -2.21. The fourth-order valence-corrected chi connectivity index (χ4v) is 4.71. The minimum absolute atomic E-state index is 0.0247.